The number of benzene rings is 1. The van der Waals surface area contributed by atoms with Crippen molar-refractivity contribution in [2.24, 2.45) is 0 Å². The van der Waals surface area contributed by atoms with Crippen molar-refractivity contribution in [3.63, 3.8) is 0 Å². The number of aromatic nitrogens is 1. The van der Waals surface area contributed by atoms with E-state index in [-0.39, 0.29) is 0 Å². The first kappa shape index (κ1) is 9.20. The van der Waals surface area contributed by atoms with Gasteiger partial charge in [0.1, 0.15) is 0 Å². The lowest BCUT2D eigenvalue weighted by Gasteiger charge is -2.11. The van der Waals surface area contributed by atoms with Crippen LogP contribution in [-0.2, 0) is 0 Å². The zero-order valence-electron chi connectivity index (χ0n) is 8.70. The van der Waals surface area contributed by atoms with Gasteiger partial charge in [0.05, 0.1) is 5.52 Å². The summed E-state index contributed by atoms with van der Waals surface area (Å²) in [6, 6.07) is 10.5. The molecular weight excluding hydrogens is 170 g/mol. The number of rotatable bonds is 2. The Kier molecular flexibility index (Phi) is 2.49. The van der Waals surface area contributed by atoms with Gasteiger partial charge in [-0.15, -0.1) is 0 Å². The Hall–Kier alpha value is -1.37. The lowest BCUT2D eigenvalue weighted by molar-refractivity contribution is 0.739. The van der Waals surface area contributed by atoms with Crippen LogP contribution in [0.15, 0.2) is 36.5 Å². The Morgan fingerprint density at radius 3 is 2.79 bits per heavy atom. The van der Waals surface area contributed by atoms with Gasteiger partial charge in [0.15, 0.2) is 0 Å². The molecule has 1 heterocycles. The number of para-hydroxylation sites is 1. The van der Waals surface area contributed by atoms with Gasteiger partial charge in [0.2, 0.25) is 0 Å². The third-order valence-corrected chi connectivity index (χ3v) is 2.83. The van der Waals surface area contributed by atoms with E-state index in [0.29, 0.717) is 5.92 Å². The smallest absolute Gasteiger partial charge is 0.0704 e. The molecule has 0 saturated carbocycles. The minimum absolute atomic E-state index is 0.614. The van der Waals surface area contributed by atoms with Crippen LogP contribution in [0.2, 0.25) is 0 Å². The Labute approximate surface area is 84.8 Å². The predicted molar refractivity (Wildman–Crippen MR) is 60.4 cm³/mol. The standard InChI is InChI=1S/C13H15N/c1-3-10(2)11-8-9-14-13-7-5-4-6-12(11)13/h4-10H,3H2,1-2H3/t10-/m0/s1. The first-order valence-electron chi connectivity index (χ1n) is 5.16. The van der Waals surface area contributed by atoms with Gasteiger partial charge >= 0.3 is 0 Å². The van der Waals surface area contributed by atoms with Crippen LogP contribution in [0.25, 0.3) is 10.9 Å². The highest BCUT2D eigenvalue weighted by Gasteiger charge is 2.06. The first-order chi connectivity index (χ1) is 6.83. The maximum Gasteiger partial charge on any atom is 0.0704 e. The van der Waals surface area contributed by atoms with E-state index < -0.39 is 0 Å². The van der Waals surface area contributed by atoms with E-state index in [1.807, 2.05) is 12.3 Å². The molecule has 1 aromatic heterocycles. The third kappa shape index (κ3) is 1.50. The molecule has 14 heavy (non-hydrogen) atoms. The lowest BCUT2D eigenvalue weighted by atomic mass is 9.95. The highest BCUT2D eigenvalue weighted by Crippen LogP contribution is 2.25. The Morgan fingerprint density at radius 2 is 2.00 bits per heavy atom. The van der Waals surface area contributed by atoms with E-state index in [1.165, 1.54) is 17.4 Å². The summed E-state index contributed by atoms with van der Waals surface area (Å²) >= 11 is 0. The highest BCUT2D eigenvalue weighted by atomic mass is 14.6. The fourth-order valence-corrected chi connectivity index (χ4v) is 1.77. The quantitative estimate of drug-likeness (QED) is 0.694. The van der Waals surface area contributed by atoms with E-state index in [9.17, 15) is 0 Å². The van der Waals surface area contributed by atoms with Crippen molar-refractivity contribution in [2.75, 3.05) is 0 Å². The lowest BCUT2D eigenvalue weighted by Crippen LogP contribution is -1.93. The van der Waals surface area contributed by atoms with Gasteiger partial charge in [-0.3, -0.25) is 4.98 Å². The number of nitrogens with zero attached hydrogens (tertiary/aromatic N) is 1. The first-order valence-corrected chi connectivity index (χ1v) is 5.16. The maximum absolute atomic E-state index is 4.36. The van der Waals surface area contributed by atoms with Crippen LogP contribution in [-0.4, -0.2) is 4.98 Å². The van der Waals surface area contributed by atoms with Gasteiger partial charge in [-0.05, 0) is 30.0 Å². The van der Waals surface area contributed by atoms with Crippen molar-refractivity contribution in [3.8, 4) is 0 Å². The van der Waals surface area contributed by atoms with Crippen molar-refractivity contribution in [1.29, 1.82) is 0 Å². The van der Waals surface area contributed by atoms with Gasteiger partial charge in [-0.25, -0.2) is 0 Å². The summed E-state index contributed by atoms with van der Waals surface area (Å²) in [5, 5.41) is 1.30. The topological polar surface area (TPSA) is 12.9 Å². The summed E-state index contributed by atoms with van der Waals surface area (Å²) in [6.45, 7) is 4.49. The van der Waals surface area contributed by atoms with E-state index in [1.54, 1.807) is 0 Å². The van der Waals surface area contributed by atoms with E-state index in [4.69, 9.17) is 0 Å². The van der Waals surface area contributed by atoms with E-state index in [0.717, 1.165) is 5.52 Å². The molecule has 0 saturated heterocycles. The average molecular weight is 185 g/mol. The third-order valence-electron chi connectivity index (χ3n) is 2.83. The summed E-state index contributed by atoms with van der Waals surface area (Å²) in [6.07, 6.45) is 3.08. The average Bonchev–Trinajstić information content (AvgIpc) is 2.27. The van der Waals surface area contributed by atoms with Crippen molar-refractivity contribution >= 4 is 10.9 Å². The van der Waals surface area contributed by atoms with Crippen molar-refractivity contribution in [2.45, 2.75) is 26.2 Å². The molecule has 72 valence electrons. The van der Waals surface area contributed by atoms with E-state index in [2.05, 4.69) is 43.1 Å². The number of pyridine rings is 1. The molecular formula is C13H15N. The number of hydrogen-bond acceptors (Lipinski definition) is 1. The minimum atomic E-state index is 0.614. The molecule has 1 nitrogen and oxygen atoms in total. The molecule has 2 aromatic rings. The second kappa shape index (κ2) is 3.79. The Bertz CT molecular complexity index is 429. The van der Waals surface area contributed by atoms with E-state index >= 15 is 0 Å². The second-order valence-corrected chi connectivity index (χ2v) is 3.73. The Morgan fingerprint density at radius 1 is 1.21 bits per heavy atom. The fraction of sp³-hybridized carbons (Fsp3) is 0.308. The fourth-order valence-electron chi connectivity index (χ4n) is 1.77. The molecule has 0 aliphatic carbocycles. The molecule has 0 bridgehead atoms. The highest BCUT2D eigenvalue weighted by molar-refractivity contribution is 5.82. The van der Waals surface area contributed by atoms with Crippen LogP contribution >= 0.6 is 0 Å². The molecule has 0 unspecified atom stereocenters. The zero-order chi connectivity index (χ0) is 9.97. The SMILES string of the molecule is CC[C@H](C)c1ccnc2ccccc12. The van der Waals surface area contributed by atoms with Crippen LogP contribution < -0.4 is 0 Å². The van der Waals surface area contributed by atoms with Crippen LogP contribution in [0, 0.1) is 0 Å². The normalized spacial score (nSPS) is 13.0. The van der Waals surface area contributed by atoms with Gasteiger partial charge in [-0.2, -0.15) is 0 Å². The van der Waals surface area contributed by atoms with Crippen molar-refractivity contribution < 1.29 is 0 Å². The summed E-state index contributed by atoms with van der Waals surface area (Å²) in [5.41, 5.74) is 2.52. The van der Waals surface area contributed by atoms with Crippen molar-refractivity contribution in [1.82, 2.24) is 4.98 Å². The molecule has 2 rings (SSSR count). The molecule has 0 aliphatic rings. The molecule has 1 atom stereocenters. The van der Waals surface area contributed by atoms with Crippen LogP contribution in [0.1, 0.15) is 31.7 Å². The molecule has 0 radical (unpaired) electrons. The molecule has 0 spiro atoms. The van der Waals surface area contributed by atoms with Gasteiger partial charge in [0, 0.05) is 11.6 Å². The predicted octanol–water partition coefficient (Wildman–Crippen LogP) is 3.75. The second-order valence-electron chi connectivity index (χ2n) is 3.73. The molecule has 0 aliphatic heterocycles. The maximum atomic E-state index is 4.36. The van der Waals surface area contributed by atoms with Crippen LogP contribution in [0.5, 0.6) is 0 Å². The molecule has 0 N–H and O–H groups in total. The van der Waals surface area contributed by atoms with Gasteiger partial charge in [0.25, 0.3) is 0 Å². The minimum Gasteiger partial charge on any atom is -0.256 e. The van der Waals surface area contributed by atoms with Crippen LogP contribution in [0.4, 0.5) is 0 Å². The van der Waals surface area contributed by atoms with Crippen molar-refractivity contribution in [3.05, 3.63) is 42.1 Å². The van der Waals surface area contributed by atoms with Gasteiger partial charge in [-0.1, -0.05) is 32.0 Å². The Balaban J connectivity index is 2.65. The van der Waals surface area contributed by atoms with Gasteiger partial charge < -0.3 is 0 Å². The number of hydrogen-bond donors (Lipinski definition) is 0. The van der Waals surface area contributed by atoms with Crippen LogP contribution in [0.3, 0.4) is 0 Å². The summed E-state index contributed by atoms with van der Waals surface area (Å²) < 4.78 is 0. The molecule has 1 heteroatoms. The summed E-state index contributed by atoms with van der Waals surface area (Å²) in [5.74, 6) is 0.614. The number of fused-ring (bicyclic) bond motifs is 1. The molecule has 0 amide bonds. The summed E-state index contributed by atoms with van der Waals surface area (Å²) in [7, 11) is 0. The largest absolute Gasteiger partial charge is 0.256 e. The monoisotopic (exact) mass is 185 g/mol. The summed E-state index contributed by atoms with van der Waals surface area (Å²) in [4.78, 5) is 4.36. The molecule has 1 aromatic carbocycles. The zero-order valence-corrected chi connectivity index (χ0v) is 8.70. The molecule has 0 fully saturated rings.